The first-order chi connectivity index (χ1) is 3.18. The summed E-state index contributed by atoms with van der Waals surface area (Å²) in [5.41, 5.74) is 3.79. The fourth-order valence-corrected chi connectivity index (χ4v) is 0.289. The van der Waals surface area contributed by atoms with Crippen LogP contribution < -0.4 is 10.6 Å². The summed E-state index contributed by atoms with van der Waals surface area (Å²) in [5.74, 6) is 0. The minimum atomic E-state index is 0.708. The number of nitrogens with one attached hydrogen (secondary N) is 1. The fourth-order valence-electron chi connectivity index (χ4n) is 0.289. The molecule has 0 aromatic rings. The molecule has 0 aromatic heterocycles. The van der Waals surface area contributed by atoms with E-state index in [-0.39, 0.29) is 0 Å². The SMILES string of the molecule is C[C@H](C[NH3+])[NH+](C)C. The van der Waals surface area contributed by atoms with Crippen molar-refractivity contribution in [3.8, 4) is 0 Å². The summed E-state index contributed by atoms with van der Waals surface area (Å²) < 4.78 is 0. The Morgan fingerprint density at radius 2 is 2.00 bits per heavy atom. The van der Waals surface area contributed by atoms with Crippen LogP contribution in [0.4, 0.5) is 0 Å². The van der Waals surface area contributed by atoms with E-state index in [9.17, 15) is 0 Å². The van der Waals surface area contributed by atoms with Crippen molar-refractivity contribution in [1.29, 1.82) is 0 Å². The maximum atomic E-state index is 3.79. The number of likely N-dealkylation sites (N-methyl/N-ethyl adjacent to an activating group) is 1. The molecule has 0 amide bonds. The van der Waals surface area contributed by atoms with Crippen LogP contribution in [0.5, 0.6) is 0 Å². The Balaban J connectivity index is 3.14. The van der Waals surface area contributed by atoms with Gasteiger partial charge >= 0.3 is 0 Å². The molecule has 0 fully saturated rings. The lowest BCUT2D eigenvalue weighted by molar-refractivity contribution is -0.890. The lowest BCUT2D eigenvalue weighted by atomic mass is 10.3. The summed E-state index contributed by atoms with van der Waals surface area (Å²) in [6.07, 6.45) is 0. The van der Waals surface area contributed by atoms with Crippen LogP contribution in [-0.2, 0) is 0 Å². The van der Waals surface area contributed by atoms with E-state index in [4.69, 9.17) is 0 Å². The van der Waals surface area contributed by atoms with E-state index in [1.807, 2.05) is 0 Å². The Hall–Kier alpha value is -0.0800. The summed E-state index contributed by atoms with van der Waals surface area (Å²) >= 11 is 0. The van der Waals surface area contributed by atoms with Crippen molar-refractivity contribution in [2.75, 3.05) is 20.6 Å². The molecule has 4 N–H and O–H groups in total. The van der Waals surface area contributed by atoms with E-state index in [1.165, 1.54) is 4.90 Å². The molecular weight excluding hydrogens is 88.1 g/mol. The highest BCUT2D eigenvalue weighted by molar-refractivity contribution is 4.34. The number of hydrogen-bond acceptors (Lipinski definition) is 0. The van der Waals surface area contributed by atoms with Crippen LogP contribution in [0.25, 0.3) is 0 Å². The minimum absolute atomic E-state index is 0.708. The fraction of sp³-hybridized carbons (Fsp3) is 1.00. The maximum absolute atomic E-state index is 3.79. The van der Waals surface area contributed by atoms with Crippen LogP contribution in [0.2, 0.25) is 0 Å². The summed E-state index contributed by atoms with van der Waals surface area (Å²) in [5, 5.41) is 0. The predicted octanol–water partition coefficient (Wildman–Crippen LogP) is -2.24. The first-order valence-corrected chi connectivity index (χ1v) is 2.77. The molecule has 0 rings (SSSR count). The smallest absolute Gasteiger partial charge is 0.134 e. The summed E-state index contributed by atoms with van der Waals surface area (Å²) in [7, 11) is 4.30. The molecule has 0 unspecified atom stereocenters. The van der Waals surface area contributed by atoms with E-state index in [0.29, 0.717) is 6.04 Å². The maximum Gasteiger partial charge on any atom is 0.134 e. The van der Waals surface area contributed by atoms with Gasteiger partial charge in [0.25, 0.3) is 0 Å². The van der Waals surface area contributed by atoms with Crippen molar-refractivity contribution in [2.24, 2.45) is 0 Å². The van der Waals surface area contributed by atoms with E-state index < -0.39 is 0 Å². The van der Waals surface area contributed by atoms with Gasteiger partial charge in [-0.15, -0.1) is 0 Å². The zero-order valence-electron chi connectivity index (χ0n) is 5.49. The molecule has 7 heavy (non-hydrogen) atoms. The normalized spacial score (nSPS) is 15.0. The molecule has 0 aliphatic rings. The highest BCUT2D eigenvalue weighted by atomic mass is 15.1. The van der Waals surface area contributed by atoms with Crippen LogP contribution in [0.3, 0.4) is 0 Å². The van der Waals surface area contributed by atoms with Crippen molar-refractivity contribution in [3.05, 3.63) is 0 Å². The van der Waals surface area contributed by atoms with Crippen molar-refractivity contribution >= 4 is 0 Å². The average molecular weight is 104 g/mol. The first-order valence-electron chi connectivity index (χ1n) is 2.77. The molecule has 0 bridgehead atoms. The molecule has 0 saturated heterocycles. The van der Waals surface area contributed by atoms with E-state index >= 15 is 0 Å². The van der Waals surface area contributed by atoms with Gasteiger partial charge in [-0.3, -0.25) is 0 Å². The van der Waals surface area contributed by atoms with Gasteiger partial charge in [-0.1, -0.05) is 0 Å². The van der Waals surface area contributed by atoms with Crippen LogP contribution in [0.1, 0.15) is 6.92 Å². The van der Waals surface area contributed by atoms with E-state index in [1.54, 1.807) is 0 Å². The van der Waals surface area contributed by atoms with Crippen LogP contribution in [0, 0.1) is 0 Å². The van der Waals surface area contributed by atoms with Crippen molar-refractivity contribution in [2.45, 2.75) is 13.0 Å². The minimum Gasteiger partial charge on any atom is -0.353 e. The molecule has 0 radical (unpaired) electrons. The van der Waals surface area contributed by atoms with Gasteiger partial charge in [0.15, 0.2) is 0 Å². The second-order valence-corrected chi connectivity index (χ2v) is 2.27. The molecule has 0 aliphatic carbocycles. The predicted molar refractivity (Wildman–Crippen MR) is 30.0 cm³/mol. The summed E-state index contributed by atoms with van der Waals surface area (Å²) in [6.45, 7) is 3.23. The van der Waals surface area contributed by atoms with E-state index in [2.05, 4.69) is 26.8 Å². The zero-order valence-corrected chi connectivity index (χ0v) is 5.49. The topological polar surface area (TPSA) is 32.1 Å². The van der Waals surface area contributed by atoms with Gasteiger partial charge in [0.2, 0.25) is 0 Å². The van der Waals surface area contributed by atoms with Gasteiger partial charge in [0.05, 0.1) is 14.1 Å². The second-order valence-electron chi connectivity index (χ2n) is 2.27. The third kappa shape index (κ3) is 2.60. The highest BCUT2D eigenvalue weighted by Gasteiger charge is 2.04. The first kappa shape index (κ1) is 6.92. The van der Waals surface area contributed by atoms with Gasteiger partial charge in [-0.25, -0.2) is 0 Å². The molecule has 1 atom stereocenters. The van der Waals surface area contributed by atoms with Crippen LogP contribution in [0.15, 0.2) is 0 Å². The average Bonchev–Trinajstić information content (AvgIpc) is 1.65. The Kier molecular flexibility index (Phi) is 2.96. The number of hydrogen-bond donors (Lipinski definition) is 2. The highest BCUT2D eigenvalue weighted by Crippen LogP contribution is 1.58. The molecule has 0 heterocycles. The molecule has 0 saturated carbocycles. The van der Waals surface area contributed by atoms with Crippen molar-refractivity contribution < 1.29 is 10.6 Å². The van der Waals surface area contributed by atoms with Crippen LogP contribution >= 0.6 is 0 Å². The quantitative estimate of drug-likeness (QED) is 0.397. The summed E-state index contributed by atoms with van der Waals surface area (Å²) in [4.78, 5) is 1.48. The Morgan fingerprint density at radius 1 is 1.57 bits per heavy atom. The monoisotopic (exact) mass is 104 g/mol. The van der Waals surface area contributed by atoms with Crippen molar-refractivity contribution in [1.82, 2.24) is 0 Å². The molecule has 44 valence electrons. The Bertz CT molecular complexity index is 43.3. The number of rotatable bonds is 2. The zero-order chi connectivity index (χ0) is 5.86. The third-order valence-electron chi connectivity index (χ3n) is 1.42. The molecule has 0 spiro atoms. The molecule has 0 aliphatic heterocycles. The summed E-state index contributed by atoms with van der Waals surface area (Å²) in [6, 6.07) is 0.708. The van der Waals surface area contributed by atoms with Gasteiger partial charge in [-0.2, -0.15) is 0 Å². The van der Waals surface area contributed by atoms with E-state index in [0.717, 1.165) is 6.54 Å². The van der Waals surface area contributed by atoms with Gasteiger partial charge in [-0.05, 0) is 6.92 Å². The largest absolute Gasteiger partial charge is 0.353 e. The molecule has 2 heteroatoms. The number of quaternary nitrogens is 2. The van der Waals surface area contributed by atoms with Crippen LogP contribution in [-0.4, -0.2) is 26.7 Å². The van der Waals surface area contributed by atoms with Gasteiger partial charge in [0, 0.05) is 0 Å². The Morgan fingerprint density at radius 3 is 2.00 bits per heavy atom. The standard InChI is InChI=1S/C5H14N2/c1-5(4-6)7(2)3/h5H,4,6H2,1-3H3/p+2/t5-/m1/s1. The second kappa shape index (κ2) is 2.99. The Labute approximate surface area is 45.3 Å². The molecular formula is C5H16N2+2. The van der Waals surface area contributed by atoms with Crippen molar-refractivity contribution in [3.63, 3.8) is 0 Å². The van der Waals surface area contributed by atoms with Gasteiger partial charge in [0.1, 0.15) is 12.6 Å². The lowest BCUT2D eigenvalue weighted by Gasteiger charge is -2.11. The van der Waals surface area contributed by atoms with Gasteiger partial charge < -0.3 is 10.6 Å². The lowest BCUT2D eigenvalue weighted by Crippen LogP contribution is -3.11. The molecule has 2 nitrogen and oxygen atoms in total. The third-order valence-corrected chi connectivity index (χ3v) is 1.42. The molecule has 0 aromatic carbocycles.